The first-order chi connectivity index (χ1) is 8.19. The summed E-state index contributed by atoms with van der Waals surface area (Å²) in [5.74, 6) is 1.67. The van der Waals surface area contributed by atoms with E-state index >= 15 is 0 Å². The van der Waals surface area contributed by atoms with Crippen LogP contribution in [-0.2, 0) is 0 Å². The number of ether oxygens (including phenoxy) is 1. The average molecular weight is 246 g/mol. The van der Waals surface area contributed by atoms with E-state index in [0.29, 0.717) is 11.2 Å². The van der Waals surface area contributed by atoms with E-state index in [9.17, 15) is 0 Å². The zero-order chi connectivity index (χ0) is 12.3. The smallest absolute Gasteiger partial charge is 0.130 e. The van der Waals surface area contributed by atoms with Crippen LogP contribution >= 0.6 is 12.2 Å². The lowest BCUT2D eigenvalue weighted by molar-refractivity contribution is 0.340. The summed E-state index contributed by atoms with van der Waals surface area (Å²) in [6.45, 7) is 4.53. The van der Waals surface area contributed by atoms with Crippen LogP contribution in [-0.4, -0.2) is 16.6 Å². The van der Waals surface area contributed by atoms with Gasteiger partial charge in [-0.25, -0.2) is 4.98 Å². The molecule has 0 amide bonds. The Bertz CT molecular complexity index is 578. The number of benzene rings is 1. The maximum atomic E-state index is 5.47. The van der Waals surface area contributed by atoms with E-state index in [2.05, 4.69) is 9.97 Å². The number of hydrogen-bond acceptors (Lipinski definition) is 3. The van der Waals surface area contributed by atoms with Crippen LogP contribution in [0.5, 0.6) is 5.75 Å². The lowest BCUT2D eigenvalue weighted by Crippen LogP contribution is -1.94. The molecule has 88 valence electrons. The predicted octanol–water partition coefficient (Wildman–Crippen LogP) is 3.51. The minimum atomic E-state index is 0.595. The predicted molar refractivity (Wildman–Crippen MR) is 70.8 cm³/mol. The molecule has 0 fully saturated rings. The third kappa shape index (κ3) is 2.91. The standard InChI is InChI=1S/C13H14N2OS/c1-3-16-11-6-4-5-10(7-11)12-8-13(17)15-9(2)14-12/h4-8H,3H2,1-2H3,(H,14,15,17). The first-order valence-corrected chi connectivity index (χ1v) is 5.91. The van der Waals surface area contributed by atoms with Crippen molar-refractivity contribution in [1.29, 1.82) is 0 Å². The first kappa shape index (κ1) is 11.8. The highest BCUT2D eigenvalue weighted by molar-refractivity contribution is 7.71. The second kappa shape index (κ2) is 5.10. The van der Waals surface area contributed by atoms with Crippen molar-refractivity contribution in [3.05, 3.63) is 40.8 Å². The number of aromatic amines is 1. The van der Waals surface area contributed by atoms with E-state index in [1.165, 1.54) is 0 Å². The number of nitrogens with one attached hydrogen (secondary N) is 1. The van der Waals surface area contributed by atoms with E-state index in [-0.39, 0.29) is 0 Å². The second-order valence-corrected chi connectivity index (χ2v) is 4.10. The molecule has 0 atom stereocenters. The highest BCUT2D eigenvalue weighted by atomic mass is 32.1. The fraction of sp³-hybridized carbons (Fsp3) is 0.231. The Hall–Kier alpha value is -1.68. The van der Waals surface area contributed by atoms with Gasteiger partial charge < -0.3 is 9.72 Å². The Kier molecular flexibility index (Phi) is 3.54. The van der Waals surface area contributed by atoms with Crippen molar-refractivity contribution in [2.45, 2.75) is 13.8 Å². The molecule has 1 aromatic heterocycles. The Labute approximate surface area is 105 Å². The van der Waals surface area contributed by atoms with Gasteiger partial charge in [0.2, 0.25) is 0 Å². The van der Waals surface area contributed by atoms with Crippen molar-refractivity contribution in [2.24, 2.45) is 0 Å². The molecule has 17 heavy (non-hydrogen) atoms. The van der Waals surface area contributed by atoms with Gasteiger partial charge in [-0.15, -0.1) is 0 Å². The fourth-order valence-corrected chi connectivity index (χ4v) is 1.91. The molecule has 0 saturated heterocycles. The molecule has 0 aliphatic rings. The van der Waals surface area contributed by atoms with Crippen LogP contribution < -0.4 is 4.74 Å². The highest BCUT2D eigenvalue weighted by Crippen LogP contribution is 2.22. The minimum absolute atomic E-state index is 0.595. The van der Waals surface area contributed by atoms with Crippen molar-refractivity contribution in [3.8, 4) is 17.0 Å². The molecular weight excluding hydrogens is 232 g/mol. The normalized spacial score (nSPS) is 10.2. The van der Waals surface area contributed by atoms with Crippen LogP contribution in [0.1, 0.15) is 12.7 Å². The van der Waals surface area contributed by atoms with Crippen LogP contribution in [0.2, 0.25) is 0 Å². The summed E-state index contributed by atoms with van der Waals surface area (Å²) in [5, 5.41) is 0. The summed E-state index contributed by atoms with van der Waals surface area (Å²) in [6, 6.07) is 9.77. The van der Waals surface area contributed by atoms with Gasteiger partial charge in [-0.1, -0.05) is 24.4 Å². The fourth-order valence-electron chi connectivity index (χ4n) is 1.66. The molecule has 2 aromatic rings. The van der Waals surface area contributed by atoms with E-state index in [1.54, 1.807) is 0 Å². The number of aryl methyl sites for hydroxylation is 1. The lowest BCUT2D eigenvalue weighted by Gasteiger charge is -2.07. The Morgan fingerprint density at radius 2 is 2.18 bits per heavy atom. The molecule has 1 N–H and O–H groups in total. The molecule has 0 bridgehead atoms. The average Bonchev–Trinajstić information content (AvgIpc) is 2.28. The van der Waals surface area contributed by atoms with Crippen LogP contribution in [0, 0.1) is 11.6 Å². The molecule has 2 rings (SSSR count). The third-order valence-corrected chi connectivity index (χ3v) is 2.53. The molecule has 3 nitrogen and oxygen atoms in total. The quantitative estimate of drug-likeness (QED) is 0.842. The third-order valence-electron chi connectivity index (χ3n) is 2.32. The van der Waals surface area contributed by atoms with Crippen molar-refractivity contribution < 1.29 is 4.74 Å². The highest BCUT2D eigenvalue weighted by Gasteiger charge is 2.01. The summed E-state index contributed by atoms with van der Waals surface area (Å²) in [5.41, 5.74) is 2.01. The summed E-state index contributed by atoms with van der Waals surface area (Å²) in [4.78, 5) is 7.35. The van der Waals surface area contributed by atoms with Gasteiger partial charge in [0.25, 0.3) is 0 Å². The Morgan fingerprint density at radius 3 is 2.88 bits per heavy atom. The molecular formula is C13H14N2OS. The number of nitrogens with zero attached hydrogens (tertiary/aromatic N) is 1. The van der Waals surface area contributed by atoms with E-state index in [0.717, 1.165) is 22.8 Å². The minimum Gasteiger partial charge on any atom is -0.494 e. The van der Waals surface area contributed by atoms with E-state index < -0.39 is 0 Å². The van der Waals surface area contributed by atoms with Gasteiger partial charge in [0.05, 0.1) is 6.61 Å². The Balaban J connectivity index is 2.45. The van der Waals surface area contributed by atoms with E-state index in [4.69, 9.17) is 17.0 Å². The lowest BCUT2D eigenvalue weighted by atomic mass is 10.1. The van der Waals surface area contributed by atoms with Gasteiger partial charge in [-0.3, -0.25) is 0 Å². The molecule has 4 heteroatoms. The molecule has 1 heterocycles. The number of rotatable bonds is 3. The largest absolute Gasteiger partial charge is 0.494 e. The molecule has 0 spiro atoms. The van der Waals surface area contributed by atoms with Crippen molar-refractivity contribution in [3.63, 3.8) is 0 Å². The maximum Gasteiger partial charge on any atom is 0.130 e. The SMILES string of the molecule is CCOc1cccc(-c2cc(=S)nc(C)[nH]2)c1. The monoisotopic (exact) mass is 246 g/mol. The van der Waals surface area contributed by atoms with Gasteiger partial charge in [0.15, 0.2) is 0 Å². The zero-order valence-corrected chi connectivity index (χ0v) is 10.7. The van der Waals surface area contributed by atoms with Gasteiger partial charge in [-0.05, 0) is 32.0 Å². The van der Waals surface area contributed by atoms with Gasteiger partial charge in [-0.2, -0.15) is 0 Å². The Morgan fingerprint density at radius 1 is 1.35 bits per heavy atom. The topological polar surface area (TPSA) is 37.9 Å². The van der Waals surface area contributed by atoms with Crippen molar-refractivity contribution in [2.75, 3.05) is 6.61 Å². The second-order valence-electron chi connectivity index (χ2n) is 3.68. The molecule has 1 aromatic carbocycles. The number of aromatic nitrogens is 2. The molecule has 0 radical (unpaired) electrons. The summed E-state index contributed by atoms with van der Waals surface area (Å²) in [6.07, 6.45) is 0. The van der Waals surface area contributed by atoms with Crippen molar-refractivity contribution >= 4 is 12.2 Å². The number of H-pyrrole nitrogens is 1. The summed E-state index contributed by atoms with van der Waals surface area (Å²) < 4.78 is 6.07. The van der Waals surface area contributed by atoms with Crippen LogP contribution in [0.4, 0.5) is 0 Å². The maximum absolute atomic E-state index is 5.47. The van der Waals surface area contributed by atoms with Gasteiger partial charge >= 0.3 is 0 Å². The van der Waals surface area contributed by atoms with Gasteiger partial charge in [0, 0.05) is 11.3 Å². The zero-order valence-electron chi connectivity index (χ0n) is 9.86. The summed E-state index contributed by atoms with van der Waals surface area (Å²) >= 11 is 5.11. The summed E-state index contributed by atoms with van der Waals surface area (Å²) in [7, 11) is 0. The molecule has 0 unspecified atom stereocenters. The molecule has 0 saturated carbocycles. The molecule has 0 aliphatic carbocycles. The van der Waals surface area contributed by atoms with Crippen LogP contribution in [0.3, 0.4) is 0 Å². The number of hydrogen-bond donors (Lipinski definition) is 1. The molecule has 0 aliphatic heterocycles. The van der Waals surface area contributed by atoms with Crippen molar-refractivity contribution in [1.82, 2.24) is 9.97 Å². The first-order valence-electron chi connectivity index (χ1n) is 5.50. The van der Waals surface area contributed by atoms with E-state index in [1.807, 2.05) is 44.2 Å². The van der Waals surface area contributed by atoms with Gasteiger partial charge in [0.1, 0.15) is 16.2 Å². The van der Waals surface area contributed by atoms with Crippen LogP contribution in [0.25, 0.3) is 11.3 Å². The van der Waals surface area contributed by atoms with Crippen LogP contribution in [0.15, 0.2) is 30.3 Å².